The van der Waals surface area contributed by atoms with Crippen LogP contribution < -0.4 is 5.32 Å². The maximum atomic E-state index is 11.6. The van der Waals surface area contributed by atoms with Gasteiger partial charge in [-0.15, -0.1) is 0 Å². The Morgan fingerprint density at radius 3 is 2.47 bits per heavy atom. The Morgan fingerprint density at radius 2 is 2.00 bits per heavy atom. The third-order valence-corrected chi connectivity index (χ3v) is 3.32. The van der Waals surface area contributed by atoms with E-state index >= 15 is 0 Å². The number of carbonyl (C=O) groups is 2. The van der Waals surface area contributed by atoms with Gasteiger partial charge in [-0.3, -0.25) is 14.5 Å². The molecule has 1 unspecified atom stereocenters. The Kier molecular flexibility index (Phi) is 5.41. The molecule has 0 saturated carbocycles. The van der Waals surface area contributed by atoms with Gasteiger partial charge in [-0.05, 0) is 39.3 Å². The smallest absolute Gasteiger partial charge is 0.306 e. The average molecular weight is 242 g/mol. The van der Waals surface area contributed by atoms with Crippen LogP contribution in [0.2, 0.25) is 0 Å². The minimum absolute atomic E-state index is 0.0353. The van der Waals surface area contributed by atoms with Gasteiger partial charge < -0.3 is 10.4 Å². The van der Waals surface area contributed by atoms with Crippen LogP contribution in [0.4, 0.5) is 0 Å². The molecule has 1 amide bonds. The van der Waals surface area contributed by atoms with Crippen LogP contribution in [-0.2, 0) is 9.59 Å². The number of rotatable bonds is 5. The lowest BCUT2D eigenvalue weighted by Gasteiger charge is -2.29. The van der Waals surface area contributed by atoms with Gasteiger partial charge in [0.2, 0.25) is 5.91 Å². The van der Waals surface area contributed by atoms with Crippen LogP contribution in [0.15, 0.2) is 0 Å². The molecule has 0 spiro atoms. The Hall–Kier alpha value is -1.10. The van der Waals surface area contributed by atoms with Gasteiger partial charge in [0, 0.05) is 6.04 Å². The standard InChI is InChI=1S/C12H22N2O3/c1-3-9(2)13-11(15)8-14-6-4-10(5-7-14)12(16)17/h9-10H,3-8H2,1-2H3,(H,13,15)(H,16,17). The zero-order chi connectivity index (χ0) is 12.8. The summed E-state index contributed by atoms with van der Waals surface area (Å²) in [5.41, 5.74) is 0. The molecule has 5 heteroatoms. The molecule has 1 aliphatic heterocycles. The molecular formula is C12H22N2O3. The van der Waals surface area contributed by atoms with Crippen LogP contribution in [0.25, 0.3) is 0 Å². The third-order valence-electron chi connectivity index (χ3n) is 3.32. The molecule has 5 nitrogen and oxygen atoms in total. The number of nitrogens with zero attached hydrogens (tertiary/aromatic N) is 1. The number of amides is 1. The molecule has 0 aromatic rings. The molecule has 1 rings (SSSR count). The topological polar surface area (TPSA) is 69.6 Å². The number of aliphatic carboxylic acids is 1. The van der Waals surface area contributed by atoms with Gasteiger partial charge in [-0.2, -0.15) is 0 Å². The Balaban J connectivity index is 2.26. The van der Waals surface area contributed by atoms with Crippen molar-refractivity contribution in [3.8, 4) is 0 Å². The predicted octanol–water partition coefficient (Wildman–Crippen LogP) is 0.698. The fourth-order valence-electron chi connectivity index (χ4n) is 1.96. The van der Waals surface area contributed by atoms with Gasteiger partial charge in [-0.1, -0.05) is 6.92 Å². The summed E-state index contributed by atoms with van der Waals surface area (Å²) >= 11 is 0. The lowest BCUT2D eigenvalue weighted by Crippen LogP contribution is -2.44. The molecule has 1 saturated heterocycles. The second kappa shape index (κ2) is 6.59. The zero-order valence-corrected chi connectivity index (χ0v) is 10.6. The molecule has 1 fully saturated rings. The van der Waals surface area contributed by atoms with Crippen molar-refractivity contribution in [2.75, 3.05) is 19.6 Å². The monoisotopic (exact) mass is 242 g/mol. The quantitative estimate of drug-likeness (QED) is 0.744. The van der Waals surface area contributed by atoms with Gasteiger partial charge in [0.15, 0.2) is 0 Å². The van der Waals surface area contributed by atoms with E-state index in [0.717, 1.165) is 6.42 Å². The van der Waals surface area contributed by atoms with E-state index < -0.39 is 5.97 Å². The first-order valence-electron chi connectivity index (χ1n) is 6.27. The van der Waals surface area contributed by atoms with E-state index in [0.29, 0.717) is 32.5 Å². The summed E-state index contributed by atoms with van der Waals surface area (Å²) in [6.07, 6.45) is 2.21. The average Bonchev–Trinajstić information content (AvgIpc) is 2.29. The molecule has 1 aliphatic rings. The SMILES string of the molecule is CCC(C)NC(=O)CN1CCC(C(=O)O)CC1. The first kappa shape index (κ1) is 14.0. The maximum absolute atomic E-state index is 11.6. The van der Waals surface area contributed by atoms with Crippen LogP contribution >= 0.6 is 0 Å². The lowest BCUT2D eigenvalue weighted by atomic mass is 9.97. The van der Waals surface area contributed by atoms with Crippen LogP contribution in [0.5, 0.6) is 0 Å². The highest BCUT2D eigenvalue weighted by molar-refractivity contribution is 5.78. The molecule has 0 aromatic heterocycles. The van der Waals surface area contributed by atoms with Crippen molar-refractivity contribution in [2.45, 2.75) is 39.2 Å². The summed E-state index contributed by atoms with van der Waals surface area (Å²) < 4.78 is 0. The number of likely N-dealkylation sites (tertiary alicyclic amines) is 1. The van der Waals surface area contributed by atoms with Crippen LogP contribution in [0.3, 0.4) is 0 Å². The largest absolute Gasteiger partial charge is 0.481 e. The Labute approximate surface area is 102 Å². The molecule has 0 radical (unpaired) electrons. The van der Waals surface area contributed by atoms with E-state index in [4.69, 9.17) is 5.11 Å². The fourth-order valence-corrected chi connectivity index (χ4v) is 1.96. The molecule has 1 heterocycles. The van der Waals surface area contributed by atoms with Crippen molar-refractivity contribution in [3.05, 3.63) is 0 Å². The maximum Gasteiger partial charge on any atom is 0.306 e. The van der Waals surface area contributed by atoms with E-state index in [9.17, 15) is 9.59 Å². The van der Waals surface area contributed by atoms with Crippen LogP contribution in [-0.4, -0.2) is 47.6 Å². The van der Waals surface area contributed by atoms with E-state index in [-0.39, 0.29) is 17.9 Å². The summed E-state index contributed by atoms with van der Waals surface area (Å²) in [4.78, 5) is 24.4. The fraction of sp³-hybridized carbons (Fsp3) is 0.833. The molecule has 17 heavy (non-hydrogen) atoms. The highest BCUT2D eigenvalue weighted by Gasteiger charge is 2.25. The molecule has 1 atom stereocenters. The summed E-state index contributed by atoms with van der Waals surface area (Å²) in [5.74, 6) is -0.911. The Morgan fingerprint density at radius 1 is 1.41 bits per heavy atom. The number of carboxylic acids is 1. The van der Waals surface area contributed by atoms with E-state index in [1.165, 1.54) is 0 Å². The number of hydrogen-bond donors (Lipinski definition) is 2. The van der Waals surface area contributed by atoms with Gasteiger partial charge in [0.1, 0.15) is 0 Å². The first-order valence-corrected chi connectivity index (χ1v) is 6.27. The number of nitrogens with one attached hydrogen (secondary N) is 1. The highest BCUT2D eigenvalue weighted by Crippen LogP contribution is 2.16. The summed E-state index contributed by atoms with van der Waals surface area (Å²) in [6.45, 7) is 5.80. The van der Waals surface area contributed by atoms with Crippen molar-refractivity contribution < 1.29 is 14.7 Å². The predicted molar refractivity (Wildman–Crippen MR) is 64.7 cm³/mol. The minimum atomic E-state index is -0.714. The Bertz CT molecular complexity index is 273. The van der Waals surface area contributed by atoms with E-state index in [2.05, 4.69) is 5.32 Å². The summed E-state index contributed by atoms with van der Waals surface area (Å²) in [7, 11) is 0. The minimum Gasteiger partial charge on any atom is -0.481 e. The molecule has 0 aliphatic carbocycles. The summed E-state index contributed by atoms with van der Waals surface area (Å²) in [6, 6.07) is 0.207. The summed E-state index contributed by atoms with van der Waals surface area (Å²) in [5, 5.41) is 11.8. The highest BCUT2D eigenvalue weighted by atomic mass is 16.4. The van der Waals surface area contributed by atoms with Gasteiger partial charge in [-0.25, -0.2) is 0 Å². The lowest BCUT2D eigenvalue weighted by molar-refractivity contribution is -0.143. The van der Waals surface area contributed by atoms with Gasteiger partial charge in [0.25, 0.3) is 0 Å². The molecule has 0 bridgehead atoms. The first-order chi connectivity index (χ1) is 8.02. The second-order valence-corrected chi connectivity index (χ2v) is 4.77. The normalized spacial score (nSPS) is 19.9. The van der Waals surface area contributed by atoms with Crippen molar-refractivity contribution in [1.29, 1.82) is 0 Å². The molecule has 98 valence electrons. The number of carbonyl (C=O) groups excluding carboxylic acids is 1. The molecular weight excluding hydrogens is 220 g/mol. The second-order valence-electron chi connectivity index (χ2n) is 4.77. The number of piperidine rings is 1. The van der Waals surface area contributed by atoms with Crippen molar-refractivity contribution in [2.24, 2.45) is 5.92 Å². The van der Waals surface area contributed by atoms with Gasteiger partial charge >= 0.3 is 5.97 Å². The van der Waals surface area contributed by atoms with Crippen molar-refractivity contribution in [1.82, 2.24) is 10.2 Å². The number of hydrogen-bond acceptors (Lipinski definition) is 3. The third kappa shape index (κ3) is 4.73. The van der Waals surface area contributed by atoms with Crippen molar-refractivity contribution >= 4 is 11.9 Å². The van der Waals surface area contributed by atoms with E-state index in [1.54, 1.807) is 0 Å². The molecule has 0 aromatic carbocycles. The van der Waals surface area contributed by atoms with Crippen LogP contribution in [0.1, 0.15) is 33.1 Å². The molecule has 2 N–H and O–H groups in total. The van der Waals surface area contributed by atoms with Crippen LogP contribution in [0, 0.1) is 5.92 Å². The van der Waals surface area contributed by atoms with E-state index in [1.807, 2.05) is 18.7 Å². The number of carboxylic acid groups (broad SMARTS) is 1. The van der Waals surface area contributed by atoms with Gasteiger partial charge in [0.05, 0.1) is 12.5 Å². The zero-order valence-electron chi connectivity index (χ0n) is 10.6. The van der Waals surface area contributed by atoms with Crippen molar-refractivity contribution in [3.63, 3.8) is 0 Å².